The topological polar surface area (TPSA) is 41.1 Å². The average Bonchev–Trinajstić information content (AvgIpc) is 2.45. The zero-order valence-corrected chi connectivity index (χ0v) is 13.7. The van der Waals surface area contributed by atoms with Crippen molar-refractivity contribution in [2.75, 3.05) is 13.1 Å². The number of amides is 1. The number of carbonyl (C=O) groups is 1. The molecular formula is C18H28N2O. The van der Waals surface area contributed by atoms with E-state index in [0.29, 0.717) is 12.0 Å². The first-order valence-electron chi connectivity index (χ1n) is 7.99. The zero-order chi connectivity index (χ0) is 15.5. The summed E-state index contributed by atoms with van der Waals surface area (Å²) in [6.45, 7) is 10.4. The number of hydrogen-bond acceptors (Lipinski definition) is 2. The maximum atomic E-state index is 12.5. The van der Waals surface area contributed by atoms with E-state index < -0.39 is 0 Å². The molecule has 1 heterocycles. The van der Waals surface area contributed by atoms with Crippen LogP contribution >= 0.6 is 0 Å². The molecule has 0 radical (unpaired) electrons. The first-order valence-corrected chi connectivity index (χ1v) is 7.99. The van der Waals surface area contributed by atoms with Gasteiger partial charge in [-0.2, -0.15) is 0 Å². The molecular weight excluding hydrogens is 260 g/mol. The molecule has 1 aliphatic rings. The van der Waals surface area contributed by atoms with Crippen LogP contribution in [-0.2, 0) is 5.41 Å². The molecule has 1 aromatic carbocycles. The molecule has 3 nitrogen and oxygen atoms in total. The van der Waals surface area contributed by atoms with Crippen LogP contribution in [0.2, 0.25) is 0 Å². The summed E-state index contributed by atoms with van der Waals surface area (Å²) in [5.41, 5.74) is 1.90. The molecule has 1 aromatic rings. The van der Waals surface area contributed by atoms with E-state index >= 15 is 0 Å². The lowest BCUT2D eigenvalue weighted by atomic mass is 9.83. The molecule has 1 aliphatic heterocycles. The third-order valence-corrected chi connectivity index (χ3v) is 4.29. The third-order valence-electron chi connectivity index (χ3n) is 4.29. The van der Waals surface area contributed by atoms with Crippen LogP contribution < -0.4 is 10.6 Å². The van der Waals surface area contributed by atoms with Crippen LogP contribution in [0.1, 0.15) is 56.5 Å². The summed E-state index contributed by atoms with van der Waals surface area (Å²) in [7, 11) is 0. The summed E-state index contributed by atoms with van der Waals surface area (Å²) in [6.07, 6.45) is 2.38. The van der Waals surface area contributed by atoms with Crippen molar-refractivity contribution in [1.82, 2.24) is 10.6 Å². The van der Waals surface area contributed by atoms with Gasteiger partial charge in [0, 0.05) is 18.2 Å². The Hall–Kier alpha value is -1.35. The van der Waals surface area contributed by atoms with Crippen molar-refractivity contribution >= 4 is 5.91 Å². The van der Waals surface area contributed by atoms with Crippen LogP contribution in [0.4, 0.5) is 0 Å². The van der Waals surface area contributed by atoms with Gasteiger partial charge in [0.25, 0.3) is 5.91 Å². The summed E-state index contributed by atoms with van der Waals surface area (Å²) in [4.78, 5) is 12.5. The SMILES string of the molecule is CC1CCC(CNC(=O)c2ccccc2C(C)(C)C)CN1. The Labute approximate surface area is 128 Å². The lowest BCUT2D eigenvalue weighted by Crippen LogP contribution is -2.42. The van der Waals surface area contributed by atoms with Gasteiger partial charge in [-0.1, -0.05) is 39.0 Å². The van der Waals surface area contributed by atoms with Crippen LogP contribution in [0.25, 0.3) is 0 Å². The predicted octanol–water partition coefficient (Wildman–Crippen LogP) is 3.10. The highest BCUT2D eigenvalue weighted by Crippen LogP contribution is 2.25. The standard InChI is InChI=1S/C18H28N2O/c1-13-9-10-14(11-19-13)12-20-17(21)15-7-5-6-8-16(15)18(2,3)4/h5-8,13-14,19H,9-12H2,1-4H3,(H,20,21). The molecule has 0 bridgehead atoms. The van der Waals surface area contributed by atoms with Gasteiger partial charge in [0.05, 0.1) is 0 Å². The summed E-state index contributed by atoms with van der Waals surface area (Å²) in [5.74, 6) is 0.603. The van der Waals surface area contributed by atoms with Crippen LogP contribution in [0.5, 0.6) is 0 Å². The van der Waals surface area contributed by atoms with E-state index in [2.05, 4.69) is 44.4 Å². The Kier molecular flexibility index (Phi) is 5.04. The number of carbonyl (C=O) groups excluding carboxylic acids is 1. The minimum absolute atomic E-state index is 0.0181. The highest BCUT2D eigenvalue weighted by atomic mass is 16.1. The fraction of sp³-hybridized carbons (Fsp3) is 0.611. The molecule has 1 saturated heterocycles. The van der Waals surface area contributed by atoms with Crippen LogP contribution in [0.3, 0.4) is 0 Å². The van der Waals surface area contributed by atoms with Crippen molar-refractivity contribution < 1.29 is 4.79 Å². The Bertz CT molecular complexity index is 482. The second-order valence-electron chi connectivity index (χ2n) is 7.26. The van der Waals surface area contributed by atoms with Gasteiger partial charge in [0.15, 0.2) is 0 Å². The fourth-order valence-electron chi connectivity index (χ4n) is 2.90. The van der Waals surface area contributed by atoms with E-state index in [1.165, 1.54) is 12.8 Å². The average molecular weight is 288 g/mol. The van der Waals surface area contributed by atoms with Crippen LogP contribution in [-0.4, -0.2) is 25.0 Å². The van der Waals surface area contributed by atoms with Crippen molar-refractivity contribution in [2.45, 2.75) is 52.0 Å². The summed E-state index contributed by atoms with van der Waals surface area (Å²) in [6, 6.07) is 8.53. The second kappa shape index (κ2) is 6.61. The molecule has 2 unspecified atom stereocenters. The molecule has 1 amide bonds. The van der Waals surface area contributed by atoms with Gasteiger partial charge in [-0.15, -0.1) is 0 Å². The second-order valence-corrected chi connectivity index (χ2v) is 7.26. The van der Waals surface area contributed by atoms with Crippen molar-refractivity contribution in [3.63, 3.8) is 0 Å². The van der Waals surface area contributed by atoms with E-state index in [4.69, 9.17) is 0 Å². The quantitative estimate of drug-likeness (QED) is 0.897. The molecule has 0 aliphatic carbocycles. The minimum atomic E-state index is -0.0181. The van der Waals surface area contributed by atoms with Gasteiger partial charge in [-0.3, -0.25) is 4.79 Å². The lowest BCUT2D eigenvalue weighted by Gasteiger charge is -2.28. The molecule has 21 heavy (non-hydrogen) atoms. The van der Waals surface area contributed by atoms with Crippen molar-refractivity contribution in [3.05, 3.63) is 35.4 Å². The van der Waals surface area contributed by atoms with Crippen LogP contribution in [0, 0.1) is 5.92 Å². The van der Waals surface area contributed by atoms with Crippen molar-refractivity contribution in [3.8, 4) is 0 Å². The normalized spacial score (nSPS) is 22.9. The van der Waals surface area contributed by atoms with E-state index in [0.717, 1.165) is 24.2 Å². The fourth-order valence-corrected chi connectivity index (χ4v) is 2.90. The van der Waals surface area contributed by atoms with Gasteiger partial charge in [-0.05, 0) is 49.3 Å². The first-order chi connectivity index (χ1) is 9.88. The number of rotatable bonds is 3. The number of nitrogens with one attached hydrogen (secondary N) is 2. The highest BCUT2D eigenvalue weighted by Gasteiger charge is 2.22. The summed E-state index contributed by atoms with van der Waals surface area (Å²) in [5, 5.41) is 6.60. The summed E-state index contributed by atoms with van der Waals surface area (Å²) < 4.78 is 0. The summed E-state index contributed by atoms with van der Waals surface area (Å²) >= 11 is 0. The molecule has 0 aromatic heterocycles. The Morgan fingerprint density at radius 1 is 1.29 bits per heavy atom. The zero-order valence-electron chi connectivity index (χ0n) is 13.7. The van der Waals surface area contributed by atoms with Gasteiger partial charge in [0.1, 0.15) is 0 Å². The first kappa shape index (κ1) is 16.0. The molecule has 2 rings (SSSR count). The Balaban J connectivity index is 1.98. The number of hydrogen-bond donors (Lipinski definition) is 2. The molecule has 1 fully saturated rings. The minimum Gasteiger partial charge on any atom is -0.352 e. The number of benzene rings is 1. The van der Waals surface area contributed by atoms with E-state index in [-0.39, 0.29) is 11.3 Å². The lowest BCUT2D eigenvalue weighted by molar-refractivity contribution is 0.0941. The molecule has 2 N–H and O–H groups in total. The molecule has 0 spiro atoms. The highest BCUT2D eigenvalue weighted by molar-refractivity contribution is 5.96. The monoisotopic (exact) mass is 288 g/mol. The third kappa shape index (κ3) is 4.31. The Morgan fingerprint density at radius 2 is 2.00 bits per heavy atom. The van der Waals surface area contributed by atoms with Gasteiger partial charge in [0.2, 0.25) is 0 Å². The van der Waals surface area contributed by atoms with Gasteiger partial charge < -0.3 is 10.6 Å². The molecule has 2 atom stereocenters. The maximum absolute atomic E-state index is 12.5. The Morgan fingerprint density at radius 3 is 2.62 bits per heavy atom. The number of piperidine rings is 1. The largest absolute Gasteiger partial charge is 0.352 e. The maximum Gasteiger partial charge on any atom is 0.251 e. The van der Waals surface area contributed by atoms with Crippen molar-refractivity contribution in [1.29, 1.82) is 0 Å². The molecule has 0 saturated carbocycles. The van der Waals surface area contributed by atoms with Crippen molar-refractivity contribution in [2.24, 2.45) is 5.92 Å². The van der Waals surface area contributed by atoms with Gasteiger partial charge in [-0.25, -0.2) is 0 Å². The smallest absolute Gasteiger partial charge is 0.251 e. The molecule has 116 valence electrons. The van der Waals surface area contributed by atoms with E-state index in [1.54, 1.807) is 0 Å². The van der Waals surface area contributed by atoms with Crippen LogP contribution in [0.15, 0.2) is 24.3 Å². The van der Waals surface area contributed by atoms with E-state index in [1.807, 2.05) is 18.2 Å². The van der Waals surface area contributed by atoms with Gasteiger partial charge >= 0.3 is 0 Å². The molecule has 3 heteroatoms. The predicted molar refractivity (Wildman–Crippen MR) is 87.7 cm³/mol. The van der Waals surface area contributed by atoms with E-state index in [9.17, 15) is 4.79 Å².